The van der Waals surface area contributed by atoms with Gasteiger partial charge in [0.2, 0.25) is 0 Å². The number of carboxylic acid groups (broad SMARTS) is 1. The standard InChI is InChI=1S/C4H9NO2.Na.H/c1-2-3(5)4(6)7;;/h3H,2,5H2,1H3,(H,6,7);;. The molecule has 0 amide bonds. The van der Waals surface area contributed by atoms with Gasteiger partial charge in [-0.05, 0) is 6.42 Å². The van der Waals surface area contributed by atoms with Gasteiger partial charge < -0.3 is 10.8 Å². The van der Waals surface area contributed by atoms with Crippen LogP contribution in [0.15, 0.2) is 0 Å². The number of carbonyl (C=O) groups is 1. The van der Waals surface area contributed by atoms with Gasteiger partial charge in [-0.2, -0.15) is 0 Å². The topological polar surface area (TPSA) is 63.3 Å². The fourth-order valence-electron chi connectivity index (χ4n) is 0.175. The van der Waals surface area contributed by atoms with Crippen molar-refractivity contribution in [2.24, 2.45) is 5.73 Å². The second-order valence-electron chi connectivity index (χ2n) is 1.35. The Morgan fingerprint density at radius 2 is 2.25 bits per heavy atom. The number of carboxylic acids is 1. The van der Waals surface area contributed by atoms with Gasteiger partial charge >= 0.3 is 35.5 Å². The van der Waals surface area contributed by atoms with Crippen molar-refractivity contribution in [3.05, 3.63) is 0 Å². The molecule has 1 atom stereocenters. The predicted molar refractivity (Wildman–Crippen MR) is 33.1 cm³/mol. The van der Waals surface area contributed by atoms with Crippen LogP contribution >= 0.6 is 0 Å². The Morgan fingerprint density at radius 3 is 2.25 bits per heavy atom. The summed E-state index contributed by atoms with van der Waals surface area (Å²) in [6.07, 6.45) is 0.495. The average Bonchev–Trinajstić information content (AvgIpc) is 1.65. The molecule has 0 spiro atoms. The van der Waals surface area contributed by atoms with Crippen molar-refractivity contribution in [3.63, 3.8) is 0 Å². The minimum atomic E-state index is -0.928. The van der Waals surface area contributed by atoms with E-state index in [4.69, 9.17) is 10.8 Å². The van der Waals surface area contributed by atoms with Crippen LogP contribution in [0.2, 0.25) is 0 Å². The van der Waals surface area contributed by atoms with Crippen molar-refractivity contribution < 1.29 is 9.90 Å². The summed E-state index contributed by atoms with van der Waals surface area (Å²) >= 11 is 0. The summed E-state index contributed by atoms with van der Waals surface area (Å²) in [5.74, 6) is -0.928. The van der Waals surface area contributed by atoms with Crippen molar-refractivity contribution in [1.29, 1.82) is 0 Å². The molecule has 0 radical (unpaired) electrons. The number of hydrogen-bond donors (Lipinski definition) is 2. The van der Waals surface area contributed by atoms with Crippen molar-refractivity contribution in [2.75, 3.05) is 0 Å². The first-order chi connectivity index (χ1) is 3.18. The molecule has 0 fully saturated rings. The van der Waals surface area contributed by atoms with Crippen LogP contribution in [0.4, 0.5) is 0 Å². The molecule has 8 heavy (non-hydrogen) atoms. The van der Waals surface area contributed by atoms with Crippen LogP contribution in [0, 0.1) is 0 Å². The van der Waals surface area contributed by atoms with Crippen molar-refractivity contribution in [1.82, 2.24) is 0 Å². The summed E-state index contributed by atoms with van der Waals surface area (Å²) in [6, 6.07) is -0.681. The molecular weight excluding hydrogens is 117 g/mol. The minimum absolute atomic E-state index is 0. The van der Waals surface area contributed by atoms with Crippen LogP contribution in [-0.4, -0.2) is 46.7 Å². The average molecular weight is 127 g/mol. The molecule has 3 N–H and O–H groups in total. The zero-order chi connectivity index (χ0) is 5.86. The number of rotatable bonds is 2. The molecule has 4 heteroatoms. The van der Waals surface area contributed by atoms with Gasteiger partial charge in [0.05, 0.1) is 0 Å². The van der Waals surface area contributed by atoms with Gasteiger partial charge in [0.1, 0.15) is 6.04 Å². The molecular formula is C4H10NNaO2. The van der Waals surface area contributed by atoms with Gasteiger partial charge in [0.15, 0.2) is 0 Å². The van der Waals surface area contributed by atoms with E-state index in [-0.39, 0.29) is 29.6 Å². The Balaban J connectivity index is 0. The van der Waals surface area contributed by atoms with Crippen LogP contribution in [0.3, 0.4) is 0 Å². The monoisotopic (exact) mass is 127 g/mol. The normalized spacial score (nSPS) is 11.8. The van der Waals surface area contributed by atoms with E-state index >= 15 is 0 Å². The van der Waals surface area contributed by atoms with Crippen LogP contribution in [-0.2, 0) is 4.79 Å². The van der Waals surface area contributed by atoms with E-state index in [1.807, 2.05) is 0 Å². The molecule has 0 saturated heterocycles. The fourth-order valence-corrected chi connectivity index (χ4v) is 0.175. The maximum absolute atomic E-state index is 9.81. The summed E-state index contributed by atoms with van der Waals surface area (Å²) < 4.78 is 0. The van der Waals surface area contributed by atoms with E-state index in [2.05, 4.69) is 0 Å². The fraction of sp³-hybridized carbons (Fsp3) is 0.750. The molecule has 44 valence electrons. The van der Waals surface area contributed by atoms with E-state index < -0.39 is 12.0 Å². The maximum atomic E-state index is 9.81. The van der Waals surface area contributed by atoms with Crippen LogP contribution in [0.1, 0.15) is 13.3 Å². The first-order valence-corrected chi connectivity index (χ1v) is 2.17. The zero-order valence-electron chi connectivity index (χ0n) is 4.22. The summed E-state index contributed by atoms with van der Waals surface area (Å²) in [5.41, 5.74) is 5.02. The Bertz CT molecular complexity index is 76.4. The molecule has 0 aliphatic carbocycles. The van der Waals surface area contributed by atoms with E-state index in [1.165, 1.54) is 0 Å². The van der Waals surface area contributed by atoms with Gasteiger partial charge in [0, 0.05) is 0 Å². The molecule has 0 aromatic heterocycles. The zero-order valence-corrected chi connectivity index (χ0v) is 4.22. The van der Waals surface area contributed by atoms with Crippen LogP contribution < -0.4 is 5.73 Å². The van der Waals surface area contributed by atoms with Crippen molar-refractivity contribution in [2.45, 2.75) is 19.4 Å². The Labute approximate surface area is 70.5 Å². The van der Waals surface area contributed by atoms with Crippen molar-refractivity contribution in [3.8, 4) is 0 Å². The number of hydrogen-bond acceptors (Lipinski definition) is 2. The van der Waals surface area contributed by atoms with E-state index in [0.29, 0.717) is 6.42 Å². The SMILES string of the molecule is CCC(N)C(=O)O.[NaH]. The Hall–Kier alpha value is 0.430. The van der Waals surface area contributed by atoms with Gasteiger partial charge in [0.25, 0.3) is 0 Å². The first-order valence-electron chi connectivity index (χ1n) is 2.17. The molecule has 3 nitrogen and oxygen atoms in total. The first kappa shape index (κ1) is 11.3. The molecule has 0 aromatic rings. The third-order valence-corrected chi connectivity index (χ3v) is 0.757. The molecule has 0 aromatic carbocycles. The van der Waals surface area contributed by atoms with E-state index in [9.17, 15) is 4.79 Å². The molecule has 0 saturated carbocycles. The molecule has 0 aliphatic rings. The summed E-state index contributed by atoms with van der Waals surface area (Å²) in [6.45, 7) is 1.73. The Morgan fingerprint density at radius 1 is 1.88 bits per heavy atom. The quantitative estimate of drug-likeness (QED) is 0.475. The van der Waals surface area contributed by atoms with Crippen LogP contribution in [0.5, 0.6) is 0 Å². The van der Waals surface area contributed by atoms with Gasteiger partial charge in [-0.15, -0.1) is 0 Å². The summed E-state index contributed by atoms with van der Waals surface area (Å²) in [7, 11) is 0. The summed E-state index contributed by atoms with van der Waals surface area (Å²) in [4.78, 5) is 9.81. The summed E-state index contributed by atoms with van der Waals surface area (Å²) in [5, 5.41) is 8.06. The number of aliphatic carboxylic acids is 1. The molecule has 0 bridgehead atoms. The van der Waals surface area contributed by atoms with Crippen molar-refractivity contribution >= 4 is 35.5 Å². The van der Waals surface area contributed by atoms with Gasteiger partial charge in [-0.25, -0.2) is 0 Å². The third-order valence-electron chi connectivity index (χ3n) is 0.757. The number of nitrogens with two attached hydrogens (primary N) is 1. The molecule has 0 rings (SSSR count). The third kappa shape index (κ3) is 4.59. The van der Waals surface area contributed by atoms with E-state index in [1.54, 1.807) is 6.92 Å². The molecule has 0 aliphatic heterocycles. The Kier molecular flexibility index (Phi) is 7.83. The van der Waals surface area contributed by atoms with Gasteiger partial charge in [-0.3, -0.25) is 4.79 Å². The predicted octanol–water partition coefficient (Wildman–Crippen LogP) is -0.840. The second kappa shape index (κ2) is 5.56. The second-order valence-corrected chi connectivity index (χ2v) is 1.35. The molecule has 1 unspecified atom stereocenters. The van der Waals surface area contributed by atoms with Crippen LogP contribution in [0.25, 0.3) is 0 Å². The molecule has 0 heterocycles. The van der Waals surface area contributed by atoms with E-state index in [0.717, 1.165) is 0 Å². The van der Waals surface area contributed by atoms with Gasteiger partial charge in [-0.1, -0.05) is 6.92 Å².